The topological polar surface area (TPSA) is 60.3 Å². The minimum atomic E-state index is -1.06. The van der Waals surface area contributed by atoms with E-state index in [-0.39, 0.29) is 17.2 Å². The van der Waals surface area contributed by atoms with Gasteiger partial charge in [-0.25, -0.2) is 8.78 Å². The molecule has 0 radical (unpaired) electrons. The minimum absolute atomic E-state index is 0.107. The van der Waals surface area contributed by atoms with Gasteiger partial charge in [0.15, 0.2) is 11.6 Å². The first-order valence-electron chi connectivity index (χ1n) is 7.37. The van der Waals surface area contributed by atoms with Crippen LogP contribution in [0, 0.1) is 11.6 Å². The molecule has 2 aromatic carbocycles. The molecule has 5 nitrogen and oxygen atoms in total. The van der Waals surface area contributed by atoms with E-state index in [2.05, 4.69) is 5.32 Å². The fourth-order valence-corrected chi connectivity index (χ4v) is 2.55. The number of rotatable bonds is 3. The summed E-state index contributed by atoms with van der Waals surface area (Å²) in [5, 5.41) is 3.01. The highest BCUT2D eigenvalue weighted by molar-refractivity contribution is 6.14. The second kappa shape index (κ2) is 6.35. The van der Waals surface area contributed by atoms with Crippen LogP contribution in [0.1, 0.15) is 22.1 Å². The van der Waals surface area contributed by atoms with E-state index in [0.717, 1.165) is 12.1 Å². The van der Waals surface area contributed by atoms with Crippen molar-refractivity contribution >= 4 is 28.4 Å². The second-order valence-electron chi connectivity index (χ2n) is 5.40. The number of carbonyl (C=O) groups excluding carboxylic acids is 2. The van der Waals surface area contributed by atoms with Crippen molar-refractivity contribution in [2.45, 2.75) is 6.92 Å². The van der Waals surface area contributed by atoms with Crippen molar-refractivity contribution in [2.24, 2.45) is 0 Å². The smallest absolute Gasteiger partial charge is 0.257 e. The zero-order valence-electron chi connectivity index (χ0n) is 13.5. The predicted molar refractivity (Wildman–Crippen MR) is 89.1 cm³/mol. The Morgan fingerprint density at radius 2 is 1.84 bits per heavy atom. The van der Waals surface area contributed by atoms with Gasteiger partial charge in [-0.2, -0.15) is 0 Å². The van der Waals surface area contributed by atoms with Crippen molar-refractivity contribution in [1.29, 1.82) is 0 Å². The Morgan fingerprint density at radius 1 is 1.08 bits per heavy atom. The number of amides is 1. The molecule has 0 aliphatic carbocycles. The fourth-order valence-electron chi connectivity index (χ4n) is 2.55. The summed E-state index contributed by atoms with van der Waals surface area (Å²) in [4.78, 5) is 24.4. The van der Waals surface area contributed by atoms with Crippen LogP contribution in [0.2, 0.25) is 0 Å². The molecule has 0 saturated heterocycles. The van der Waals surface area contributed by atoms with Crippen molar-refractivity contribution in [2.75, 3.05) is 12.4 Å². The third-order valence-corrected chi connectivity index (χ3v) is 3.77. The molecule has 0 aliphatic rings. The molecule has 3 rings (SSSR count). The molecule has 1 amide bonds. The van der Waals surface area contributed by atoms with E-state index in [1.165, 1.54) is 30.9 Å². The zero-order chi connectivity index (χ0) is 18.1. The standard InChI is InChI=1S/C18H14F2N2O3/c1-10(23)22-9-14(13-8-12(25-2)4-6-17(13)22)18(24)21-11-3-5-15(19)16(20)7-11/h3-9H,1-2H3,(H,21,24). The van der Waals surface area contributed by atoms with E-state index in [4.69, 9.17) is 4.74 Å². The van der Waals surface area contributed by atoms with Crippen molar-refractivity contribution in [3.8, 4) is 5.75 Å². The number of hydrogen-bond donors (Lipinski definition) is 1. The lowest BCUT2D eigenvalue weighted by atomic mass is 10.1. The summed E-state index contributed by atoms with van der Waals surface area (Å²) >= 11 is 0. The van der Waals surface area contributed by atoms with Gasteiger partial charge in [0, 0.05) is 30.3 Å². The molecule has 0 fully saturated rings. The summed E-state index contributed by atoms with van der Waals surface area (Å²) < 4.78 is 32.8. The van der Waals surface area contributed by atoms with Crippen LogP contribution in [0.5, 0.6) is 5.75 Å². The largest absolute Gasteiger partial charge is 0.497 e. The van der Waals surface area contributed by atoms with Crippen LogP contribution in [-0.4, -0.2) is 23.5 Å². The number of anilines is 1. The molecule has 1 N–H and O–H groups in total. The number of benzene rings is 2. The molecule has 0 aliphatic heterocycles. The van der Waals surface area contributed by atoms with E-state index in [9.17, 15) is 18.4 Å². The lowest BCUT2D eigenvalue weighted by Gasteiger charge is -2.05. The average Bonchev–Trinajstić information content (AvgIpc) is 2.97. The number of nitrogens with one attached hydrogen (secondary N) is 1. The summed E-state index contributed by atoms with van der Waals surface area (Å²) in [5.41, 5.74) is 0.869. The Morgan fingerprint density at radius 3 is 2.48 bits per heavy atom. The van der Waals surface area contributed by atoms with Gasteiger partial charge in [-0.1, -0.05) is 0 Å². The van der Waals surface area contributed by atoms with E-state index in [1.54, 1.807) is 18.2 Å². The second-order valence-corrected chi connectivity index (χ2v) is 5.40. The summed E-state index contributed by atoms with van der Waals surface area (Å²) in [6.07, 6.45) is 1.40. The Kier molecular flexibility index (Phi) is 4.22. The SMILES string of the molecule is COc1ccc2c(c1)c(C(=O)Nc1ccc(F)c(F)c1)cn2C(C)=O. The van der Waals surface area contributed by atoms with Crippen LogP contribution >= 0.6 is 0 Å². The molecule has 0 bridgehead atoms. The molecule has 128 valence electrons. The van der Waals surface area contributed by atoms with Crippen LogP contribution in [-0.2, 0) is 0 Å². The van der Waals surface area contributed by atoms with Crippen molar-refractivity contribution in [3.63, 3.8) is 0 Å². The third kappa shape index (κ3) is 3.08. The molecule has 1 aromatic heterocycles. The van der Waals surface area contributed by atoms with Crippen LogP contribution < -0.4 is 10.1 Å². The highest BCUT2D eigenvalue weighted by atomic mass is 19.2. The Labute approximate surface area is 141 Å². The molecule has 0 atom stereocenters. The molecule has 0 spiro atoms. The van der Waals surface area contributed by atoms with Gasteiger partial charge in [0.1, 0.15) is 5.75 Å². The molecule has 25 heavy (non-hydrogen) atoms. The Bertz CT molecular complexity index is 995. The first kappa shape index (κ1) is 16.6. The highest BCUT2D eigenvalue weighted by Gasteiger charge is 2.18. The number of nitrogens with zero attached hydrogens (tertiary/aromatic N) is 1. The lowest BCUT2D eigenvalue weighted by molar-refractivity contribution is 0.0941. The van der Waals surface area contributed by atoms with Crippen LogP contribution in [0.25, 0.3) is 10.9 Å². The Hall–Kier alpha value is -3.22. The van der Waals surface area contributed by atoms with Gasteiger partial charge >= 0.3 is 0 Å². The Balaban J connectivity index is 2.05. The molecule has 3 aromatic rings. The average molecular weight is 344 g/mol. The number of halogens is 2. The van der Waals surface area contributed by atoms with Crippen molar-refractivity contribution in [3.05, 3.63) is 59.8 Å². The normalized spacial score (nSPS) is 10.7. The van der Waals surface area contributed by atoms with Gasteiger partial charge in [0.2, 0.25) is 5.91 Å². The van der Waals surface area contributed by atoms with E-state index < -0.39 is 17.5 Å². The van der Waals surface area contributed by atoms with Gasteiger partial charge in [-0.3, -0.25) is 14.2 Å². The quantitative estimate of drug-likeness (QED) is 0.785. The first-order chi connectivity index (χ1) is 11.9. The summed E-state index contributed by atoms with van der Waals surface area (Å²) in [7, 11) is 1.49. The molecular formula is C18H14F2N2O3. The maximum atomic E-state index is 13.3. The lowest BCUT2D eigenvalue weighted by Crippen LogP contribution is -2.12. The molecule has 7 heteroatoms. The maximum Gasteiger partial charge on any atom is 0.257 e. The van der Waals surface area contributed by atoms with Gasteiger partial charge < -0.3 is 10.1 Å². The molecule has 0 unspecified atom stereocenters. The summed E-state index contributed by atoms with van der Waals surface area (Å²) in [5.74, 6) is -2.36. The molecule has 1 heterocycles. The van der Waals surface area contributed by atoms with E-state index in [0.29, 0.717) is 16.7 Å². The number of carbonyl (C=O) groups is 2. The molecular weight excluding hydrogens is 330 g/mol. The molecule has 0 saturated carbocycles. The van der Waals surface area contributed by atoms with Crippen molar-refractivity contribution < 1.29 is 23.1 Å². The van der Waals surface area contributed by atoms with Crippen LogP contribution in [0.3, 0.4) is 0 Å². The van der Waals surface area contributed by atoms with Gasteiger partial charge in [-0.15, -0.1) is 0 Å². The van der Waals surface area contributed by atoms with E-state index >= 15 is 0 Å². The predicted octanol–water partition coefficient (Wildman–Crippen LogP) is 3.84. The van der Waals surface area contributed by atoms with Crippen molar-refractivity contribution in [1.82, 2.24) is 4.57 Å². The zero-order valence-corrected chi connectivity index (χ0v) is 13.5. The van der Waals surface area contributed by atoms with Gasteiger partial charge in [0.05, 0.1) is 18.2 Å². The van der Waals surface area contributed by atoms with E-state index in [1.807, 2.05) is 0 Å². The summed E-state index contributed by atoms with van der Waals surface area (Å²) in [6, 6.07) is 8.05. The number of fused-ring (bicyclic) bond motifs is 1. The number of hydrogen-bond acceptors (Lipinski definition) is 3. The summed E-state index contributed by atoms with van der Waals surface area (Å²) in [6.45, 7) is 1.38. The maximum absolute atomic E-state index is 13.3. The monoisotopic (exact) mass is 344 g/mol. The van der Waals surface area contributed by atoms with Crippen LogP contribution in [0.4, 0.5) is 14.5 Å². The number of aromatic nitrogens is 1. The minimum Gasteiger partial charge on any atom is -0.497 e. The van der Waals surface area contributed by atoms with Gasteiger partial charge in [0.25, 0.3) is 5.91 Å². The number of methoxy groups -OCH3 is 1. The van der Waals surface area contributed by atoms with Gasteiger partial charge in [-0.05, 0) is 30.3 Å². The number of ether oxygens (including phenoxy) is 1. The highest BCUT2D eigenvalue weighted by Crippen LogP contribution is 2.27. The fraction of sp³-hybridized carbons (Fsp3) is 0.111. The first-order valence-corrected chi connectivity index (χ1v) is 7.37. The van der Waals surface area contributed by atoms with Crippen LogP contribution in [0.15, 0.2) is 42.6 Å². The third-order valence-electron chi connectivity index (χ3n) is 3.77.